The summed E-state index contributed by atoms with van der Waals surface area (Å²) in [5, 5.41) is 12.1. The number of esters is 1. The van der Waals surface area contributed by atoms with E-state index in [4.69, 9.17) is 21.5 Å². The lowest BCUT2D eigenvalue weighted by atomic mass is 9.96. The van der Waals surface area contributed by atoms with E-state index in [1.165, 1.54) is 23.5 Å². The smallest absolute Gasteiger partial charge is 0.357 e. The Morgan fingerprint density at radius 2 is 2.08 bits per heavy atom. The van der Waals surface area contributed by atoms with Crippen LogP contribution in [0.4, 0.5) is 10.1 Å². The van der Waals surface area contributed by atoms with Gasteiger partial charge < -0.3 is 4.74 Å². The van der Waals surface area contributed by atoms with Crippen molar-refractivity contribution in [3.8, 4) is 16.4 Å². The highest BCUT2D eigenvalue weighted by atomic mass is 32.2. The Bertz CT molecular complexity index is 1720. The Morgan fingerprint density at radius 3 is 2.74 bits per heavy atom. The number of ether oxygens (including phenoxy) is 1. The zero-order valence-electron chi connectivity index (χ0n) is 20.9. The zero-order chi connectivity index (χ0) is 27.7. The van der Waals surface area contributed by atoms with Crippen molar-refractivity contribution in [1.82, 2.24) is 14.8 Å². The number of sulfonamides is 1. The van der Waals surface area contributed by atoms with Crippen molar-refractivity contribution in [2.75, 3.05) is 6.61 Å². The standard InChI is InChI=1S/C27H24FN5O4S2/c1-3-37-26(34)22-15-38-27(31-22)33-23(13-16-7-8-16)20(25(32-33)18-5-4-6-19(14-18)30-2)11-17-9-10-24(21(28)12-17)39(29,35)36/h4-6,9-10,12,14-16H,3,7-8,11,13H2,1H3,(H2,29,35,36). The van der Waals surface area contributed by atoms with E-state index in [1.807, 2.05) is 6.07 Å². The molecule has 0 bridgehead atoms. The van der Waals surface area contributed by atoms with Gasteiger partial charge in [0.1, 0.15) is 10.7 Å². The maximum atomic E-state index is 14.7. The molecular formula is C27H24FN5O4S2. The third-order valence-corrected chi connectivity index (χ3v) is 8.12. The Kier molecular flexibility index (Phi) is 7.31. The van der Waals surface area contributed by atoms with Gasteiger partial charge in [0.15, 0.2) is 11.4 Å². The molecule has 5 rings (SSSR count). The van der Waals surface area contributed by atoms with Gasteiger partial charge in [-0.15, -0.1) is 11.3 Å². The van der Waals surface area contributed by atoms with E-state index in [1.54, 1.807) is 35.2 Å². The van der Waals surface area contributed by atoms with Crippen LogP contribution < -0.4 is 5.14 Å². The molecule has 39 heavy (non-hydrogen) atoms. The van der Waals surface area contributed by atoms with Gasteiger partial charge in [-0.05, 0) is 61.4 Å². The average Bonchev–Trinajstić information content (AvgIpc) is 3.46. The molecule has 2 aromatic heterocycles. The van der Waals surface area contributed by atoms with Gasteiger partial charge >= 0.3 is 5.97 Å². The molecule has 0 atom stereocenters. The number of hydrogen-bond donors (Lipinski definition) is 1. The second-order valence-electron chi connectivity index (χ2n) is 9.22. The summed E-state index contributed by atoms with van der Waals surface area (Å²) in [6.45, 7) is 9.39. The number of hydrogen-bond acceptors (Lipinski definition) is 7. The summed E-state index contributed by atoms with van der Waals surface area (Å²) in [5.74, 6) is -0.999. The number of halogens is 1. The van der Waals surface area contributed by atoms with Crippen LogP contribution in [0.25, 0.3) is 21.2 Å². The molecule has 2 aromatic carbocycles. The predicted octanol–water partition coefficient (Wildman–Crippen LogP) is 5.05. The lowest BCUT2D eigenvalue weighted by molar-refractivity contribution is 0.0520. The zero-order valence-corrected chi connectivity index (χ0v) is 22.6. The lowest BCUT2D eigenvalue weighted by Gasteiger charge is -2.10. The number of benzene rings is 2. The fourth-order valence-electron chi connectivity index (χ4n) is 4.34. The number of nitrogens with two attached hydrogens (primary N) is 1. The first kappa shape index (κ1) is 26.7. The van der Waals surface area contributed by atoms with Crippen molar-refractivity contribution in [1.29, 1.82) is 0 Å². The van der Waals surface area contributed by atoms with Crippen molar-refractivity contribution in [2.24, 2.45) is 11.1 Å². The first-order valence-electron chi connectivity index (χ1n) is 12.2. The molecular weight excluding hydrogens is 541 g/mol. The van der Waals surface area contributed by atoms with Crippen LogP contribution in [0.1, 0.15) is 47.1 Å². The van der Waals surface area contributed by atoms with Gasteiger partial charge in [0.05, 0.1) is 24.6 Å². The summed E-state index contributed by atoms with van der Waals surface area (Å²) in [6.07, 6.45) is 3.07. The normalized spacial score (nSPS) is 13.3. The van der Waals surface area contributed by atoms with Crippen LogP contribution in [0.2, 0.25) is 0 Å². The van der Waals surface area contributed by atoms with E-state index < -0.39 is 26.7 Å². The molecule has 9 nitrogen and oxygen atoms in total. The molecule has 12 heteroatoms. The second kappa shape index (κ2) is 10.7. The SMILES string of the molecule is [C-]#[N+]c1cccc(-c2nn(-c3nc(C(=O)OCC)cs3)c(CC3CC3)c2Cc2ccc(S(N)(=O)=O)c(F)c2)c1. The topological polar surface area (TPSA) is 122 Å². The summed E-state index contributed by atoms with van der Waals surface area (Å²) >= 11 is 1.26. The van der Waals surface area contributed by atoms with Crippen molar-refractivity contribution < 1.29 is 22.3 Å². The number of nitrogens with zero attached hydrogens (tertiary/aromatic N) is 4. The number of thiazole rings is 1. The molecule has 2 N–H and O–H groups in total. The fourth-order valence-corrected chi connectivity index (χ4v) is 5.69. The van der Waals surface area contributed by atoms with Crippen LogP contribution in [0.3, 0.4) is 0 Å². The summed E-state index contributed by atoms with van der Waals surface area (Å²) < 4.78 is 45.0. The first-order chi connectivity index (χ1) is 18.7. The van der Waals surface area contributed by atoms with Crippen molar-refractivity contribution >= 4 is 33.0 Å². The quantitative estimate of drug-likeness (QED) is 0.224. The number of aromatic nitrogens is 3. The number of primary sulfonamides is 1. The Morgan fingerprint density at radius 1 is 1.28 bits per heavy atom. The number of carbonyl (C=O) groups excluding carboxylic acids is 1. The van der Waals surface area contributed by atoms with Crippen LogP contribution in [0, 0.1) is 18.3 Å². The molecule has 200 valence electrons. The Hall–Kier alpha value is -3.92. The van der Waals surface area contributed by atoms with E-state index in [2.05, 4.69) is 9.83 Å². The predicted molar refractivity (Wildman–Crippen MR) is 144 cm³/mol. The monoisotopic (exact) mass is 565 g/mol. The van der Waals surface area contributed by atoms with Gasteiger partial charge in [0, 0.05) is 17.4 Å². The van der Waals surface area contributed by atoms with E-state index in [-0.39, 0.29) is 18.7 Å². The van der Waals surface area contributed by atoms with Crippen molar-refractivity contribution in [3.63, 3.8) is 0 Å². The molecule has 0 unspecified atom stereocenters. The van der Waals surface area contributed by atoms with E-state index in [9.17, 15) is 17.6 Å². The highest BCUT2D eigenvalue weighted by Gasteiger charge is 2.29. The summed E-state index contributed by atoms with van der Waals surface area (Å²) in [6, 6.07) is 10.9. The van der Waals surface area contributed by atoms with Crippen LogP contribution in [-0.2, 0) is 27.6 Å². The van der Waals surface area contributed by atoms with E-state index in [0.717, 1.165) is 30.2 Å². The highest BCUT2D eigenvalue weighted by Crippen LogP contribution is 2.38. The van der Waals surface area contributed by atoms with Crippen molar-refractivity contribution in [2.45, 2.75) is 37.5 Å². The van der Waals surface area contributed by atoms with Crippen LogP contribution in [0.5, 0.6) is 0 Å². The average molecular weight is 566 g/mol. The lowest BCUT2D eigenvalue weighted by Crippen LogP contribution is -2.14. The van der Waals surface area contributed by atoms with Gasteiger partial charge in [0.25, 0.3) is 0 Å². The van der Waals surface area contributed by atoms with Gasteiger partial charge in [-0.2, -0.15) is 5.10 Å². The maximum Gasteiger partial charge on any atom is 0.357 e. The molecule has 0 aliphatic heterocycles. The molecule has 4 aromatic rings. The molecule has 2 heterocycles. The van der Waals surface area contributed by atoms with Crippen molar-refractivity contribution in [3.05, 3.63) is 87.6 Å². The molecule has 1 fully saturated rings. The molecule has 0 amide bonds. The molecule has 1 saturated carbocycles. The fraction of sp³-hybridized carbons (Fsp3) is 0.259. The van der Waals surface area contributed by atoms with Gasteiger partial charge in [-0.1, -0.05) is 24.3 Å². The summed E-state index contributed by atoms with van der Waals surface area (Å²) in [5.41, 5.74) is 4.13. The molecule has 0 spiro atoms. The van der Waals surface area contributed by atoms with Gasteiger partial charge in [-0.25, -0.2) is 37.3 Å². The number of carbonyl (C=O) groups is 1. The minimum Gasteiger partial charge on any atom is -0.461 e. The van der Waals surface area contributed by atoms with Gasteiger partial charge in [-0.3, -0.25) is 0 Å². The first-order valence-corrected chi connectivity index (χ1v) is 14.6. The Labute approximate surface area is 228 Å². The largest absolute Gasteiger partial charge is 0.461 e. The molecule has 0 saturated heterocycles. The van der Waals surface area contributed by atoms with Crippen LogP contribution in [-0.4, -0.2) is 35.8 Å². The van der Waals surface area contributed by atoms with Crippen LogP contribution in [0.15, 0.2) is 52.7 Å². The summed E-state index contributed by atoms with van der Waals surface area (Å²) in [4.78, 5) is 19.7. The highest BCUT2D eigenvalue weighted by molar-refractivity contribution is 7.89. The summed E-state index contributed by atoms with van der Waals surface area (Å²) in [7, 11) is -4.20. The van der Waals surface area contributed by atoms with E-state index in [0.29, 0.717) is 40.0 Å². The molecule has 0 radical (unpaired) electrons. The molecule has 1 aliphatic carbocycles. The third kappa shape index (κ3) is 5.75. The number of rotatable bonds is 9. The third-order valence-electron chi connectivity index (χ3n) is 6.36. The maximum absolute atomic E-state index is 14.7. The van der Waals surface area contributed by atoms with Crippen LogP contribution >= 0.6 is 11.3 Å². The minimum atomic E-state index is -4.20. The van der Waals surface area contributed by atoms with Gasteiger partial charge in [0.2, 0.25) is 15.2 Å². The minimum absolute atomic E-state index is 0.184. The second-order valence-corrected chi connectivity index (χ2v) is 11.6. The Balaban J connectivity index is 1.67. The van der Waals surface area contributed by atoms with E-state index >= 15 is 0 Å². The molecule has 1 aliphatic rings.